The van der Waals surface area contributed by atoms with Gasteiger partial charge in [0.2, 0.25) is 11.7 Å². The summed E-state index contributed by atoms with van der Waals surface area (Å²) in [6, 6.07) is 16.1. The standard InChI is InChI=1S/C19H17N5OS/c1-13-7-3-5-9-15(13)18-21-17(25-23-18)11-26-19-22-20-12-24(19)16-10-6-4-8-14(16)2/h3-10,12H,11H2,1-2H3. The van der Waals surface area contributed by atoms with E-state index in [4.69, 9.17) is 4.52 Å². The summed E-state index contributed by atoms with van der Waals surface area (Å²) >= 11 is 1.52. The lowest BCUT2D eigenvalue weighted by atomic mass is 10.1. The lowest BCUT2D eigenvalue weighted by molar-refractivity contribution is 0.391. The number of rotatable bonds is 5. The molecule has 0 radical (unpaired) electrons. The quantitative estimate of drug-likeness (QED) is 0.494. The average molecular weight is 363 g/mol. The van der Waals surface area contributed by atoms with Crippen molar-refractivity contribution in [1.82, 2.24) is 24.9 Å². The zero-order valence-electron chi connectivity index (χ0n) is 14.5. The van der Waals surface area contributed by atoms with E-state index in [-0.39, 0.29) is 0 Å². The fraction of sp³-hybridized carbons (Fsp3) is 0.158. The normalized spacial score (nSPS) is 11.0. The van der Waals surface area contributed by atoms with Gasteiger partial charge in [-0.2, -0.15) is 4.98 Å². The topological polar surface area (TPSA) is 69.6 Å². The van der Waals surface area contributed by atoms with Gasteiger partial charge >= 0.3 is 0 Å². The van der Waals surface area contributed by atoms with E-state index in [0.717, 1.165) is 27.5 Å². The number of hydrogen-bond acceptors (Lipinski definition) is 6. The van der Waals surface area contributed by atoms with E-state index < -0.39 is 0 Å². The van der Waals surface area contributed by atoms with Crippen molar-refractivity contribution in [3.05, 3.63) is 71.9 Å². The Bertz CT molecular complexity index is 1040. The summed E-state index contributed by atoms with van der Waals surface area (Å²) in [5.74, 6) is 1.70. The minimum absolute atomic E-state index is 0.531. The van der Waals surface area contributed by atoms with Crippen LogP contribution in [0.4, 0.5) is 0 Å². The fourth-order valence-corrected chi connectivity index (χ4v) is 3.45. The smallest absolute Gasteiger partial charge is 0.237 e. The molecule has 0 saturated heterocycles. The molecule has 0 aliphatic rings. The van der Waals surface area contributed by atoms with Crippen LogP contribution in [0.1, 0.15) is 17.0 Å². The maximum Gasteiger partial charge on any atom is 0.237 e. The number of para-hydroxylation sites is 1. The number of nitrogens with zero attached hydrogens (tertiary/aromatic N) is 5. The van der Waals surface area contributed by atoms with Crippen LogP contribution in [-0.2, 0) is 5.75 Å². The zero-order chi connectivity index (χ0) is 17.9. The molecule has 0 amide bonds. The van der Waals surface area contributed by atoms with Gasteiger partial charge in [-0.25, -0.2) is 0 Å². The van der Waals surface area contributed by atoms with Crippen LogP contribution in [0.5, 0.6) is 0 Å². The van der Waals surface area contributed by atoms with Gasteiger partial charge in [0, 0.05) is 5.56 Å². The predicted octanol–water partition coefficient (Wildman–Crippen LogP) is 4.23. The molecule has 130 valence electrons. The summed E-state index contributed by atoms with van der Waals surface area (Å²) in [7, 11) is 0. The van der Waals surface area contributed by atoms with Crippen molar-refractivity contribution in [3.63, 3.8) is 0 Å². The molecule has 0 aliphatic carbocycles. The highest BCUT2D eigenvalue weighted by Gasteiger charge is 2.14. The molecule has 2 heterocycles. The van der Waals surface area contributed by atoms with Crippen LogP contribution in [0.3, 0.4) is 0 Å². The maximum absolute atomic E-state index is 5.40. The molecule has 26 heavy (non-hydrogen) atoms. The van der Waals surface area contributed by atoms with Crippen molar-refractivity contribution in [1.29, 1.82) is 0 Å². The van der Waals surface area contributed by atoms with Crippen LogP contribution in [-0.4, -0.2) is 24.9 Å². The SMILES string of the molecule is Cc1ccccc1-c1noc(CSc2nncn2-c2ccccc2C)n1. The van der Waals surface area contributed by atoms with E-state index in [0.29, 0.717) is 17.5 Å². The third-order valence-corrected chi connectivity index (χ3v) is 5.00. The van der Waals surface area contributed by atoms with Gasteiger partial charge in [-0.15, -0.1) is 10.2 Å². The summed E-state index contributed by atoms with van der Waals surface area (Å²) in [6.07, 6.45) is 1.72. The van der Waals surface area contributed by atoms with Gasteiger partial charge in [0.25, 0.3) is 0 Å². The first-order valence-corrected chi connectivity index (χ1v) is 9.18. The molecule has 0 atom stereocenters. The van der Waals surface area contributed by atoms with E-state index in [1.54, 1.807) is 6.33 Å². The molecule has 0 spiro atoms. The number of aryl methyl sites for hydroxylation is 2. The summed E-state index contributed by atoms with van der Waals surface area (Å²) in [6.45, 7) is 4.10. The molecule has 4 aromatic rings. The second kappa shape index (κ2) is 7.13. The Morgan fingerprint density at radius 2 is 1.77 bits per heavy atom. The van der Waals surface area contributed by atoms with E-state index in [9.17, 15) is 0 Å². The number of hydrogen-bond donors (Lipinski definition) is 0. The molecular weight excluding hydrogens is 346 g/mol. The van der Waals surface area contributed by atoms with Crippen molar-refractivity contribution in [2.24, 2.45) is 0 Å². The lowest BCUT2D eigenvalue weighted by Gasteiger charge is -2.08. The third-order valence-electron chi connectivity index (χ3n) is 4.07. The van der Waals surface area contributed by atoms with Crippen molar-refractivity contribution in [2.75, 3.05) is 0 Å². The van der Waals surface area contributed by atoms with Gasteiger partial charge in [0.05, 0.1) is 11.4 Å². The van der Waals surface area contributed by atoms with Gasteiger partial charge in [-0.05, 0) is 31.0 Å². The number of aromatic nitrogens is 5. The molecule has 7 heteroatoms. The summed E-state index contributed by atoms with van der Waals surface area (Å²) in [5.41, 5.74) is 4.32. The number of benzene rings is 2. The Hall–Kier alpha value is -2.93. The number of thioether (sulfide) groups is 1. The van der Waals surface area contributed by atoms with Gasteiger partial charge < -0.3 is 4.52 Å². The van der Waals surface area contributed by atoms with Gasteiger partial charge in [-0.1, -0.05) is 59.4 Å². The molecule has 0 saturated carbocycles. The van der Waals surface area contributed by atoms with Crippen LogP contribution in [0.15, 0.2) is 64.5 Å². The molecule has 0 unspecified atom stereocenters. The molecule has 2 aromatic heterocycles. The van der Waals surface area contributed by atoms with Crippen molar-refractivity contribution in [2.45, 2.75) is 24.8 Å². The second-order valence-corrected chi connectivity index (χ2v) is 6.83. The molecular formula is C19H17N5OS. The van der Waals surface area contributed by atoms with E-state index in [1.807, 2.05) is 54.0 Å². The zero-order valence-corrected chi connectivity index (χ0v) is 15.3. The molecule has 2 aromatic carbocycles. The van der Waals surface area contributed by atoms with Crippen LogP contribution in [0.2, 0.25) is 0 Å². The van der Waals surface area contributed by atoms with Crippen molar-refractivity contribution >= 4 is 11.8 Å². The molecule has 0 bridgehead atoms. The Kier molecular flexibility index (Phi) is 4.53. The van der Waals surface area contributed by atoms with E-state index >= 15 is 0 Å². The van der Waals surface area contributed by atoms with Crippen molar-refractivity contribution < 1.29 is 4.52 Å². The first-order valence-electron chi connectivity index (χ1n) is 8.20. The first kappa shape index (κ1) is 16.5. The Morgan fingerprint density at radius 3 is 2.58 bits per heavy atom. The summed E-state index contributed by atoms with van der Waals surface area (Å²) < 4.78 is 7.37. The van der Waals surface area contributed by atoms with Crippen LogP contribution >= 0.6 is 11.8 Å². The first-order chi connectivity index (χ1) is 12.7. The Balaban J connectivity index is 1.52. The minimum Gasteiger partial charge on any atom is -0.338 e. The fourth-order valence-electron chi connectivity index (χ4n) is 2.69. The molecule has 6 nitrogen and oxygen atoms in total. The van der Waals surface area contributed by atoms with Crippen LogP contribution in [0, 0.1) is 13.8 Å². The highest BCUT2D eigenvalue weighted by atomic mass is 32.2. The van der Waals surface area contributed by atoms with Crippen LogP contribution < -0.4 is 0 Å². The summed E-state index contributed by atoms with van der Waals surface area (Å²) in [5, 5.41) is 13.1. The highest BCUT2D eigenvalue weighted by molar-refractivity contribution is 7.98. The molecule has 0 aliphatic heterocycles. The monoisotopic (exact) mass is 363 g/mol. The highest BCUT2D eigenvalue weighted by Crippen LogP contribution is 2.26. The molecule has 4 rings (SSSR count). The minimum atomic E-state index is 0.531. The second-order valence-electron chi connectivity index (χ2n) is 5.89. The van der Waals surface area contributed by atoms with Crippen LogP contribution in [0.25, 0.3) is 17.1 Å². The van der Waals surface area contributed by atoms with E-state index in [1.165, 1.54) is 11.8 Å². The van der Waals surface area contributed by atoms with Crippen molar-refractivity contribution in [3.8, 4) is 17.1 Å². The predicted molar refractivity (Wildman–Crippen MR) is 100 cm³/mol. The van der Waals surface area contributed by atoms with Gasteiger partial charge in [0.15, 0.2) is 5.16 Å². The molecule has 0 N–H and O–H groups in total. The molecule has 0 fully saturated rings. The van der Waals surface area contributed by atoms with Gasteiger partial charge in [-0.3, -0.25) is 4.57 Å². The third kappa shape index (κ3) is 3.25. The van der Waals surface area contributed by atoms with Gasteiger partial charge in [0.1, 0.15) is 6.33 Å². The Labute approximate surface area is 155 Å². The van der Waals surface area contributed by atoms with E-state index in [2.05, 4.69) is 33.3 Å². The average Bonchev–Trinajstić information content (AvgIpc) is 3.30. The largest absolute Gasteiger partial charge is 0.338 e. The summed E-state index contributed by atoms with van der Waals surface area (Å²) in [4.78, 5) is 4.50. The maximum atomic E-state index is 5.40. The lowest BCUT2D eigenvalue weighted by Crippen LogP contribution is -1.97. The Morgan fingerprint density at radius 1 is 1.00 bits per heavy atom.